The van der Waals surface area contributed by atoms with Crippen LogP contribution in [0.3, 0.4) is 0 Å². The smallest absolute Gasteiger partial charge is 0.304 e. The van der Waals surface area contributed by atoms with Crippen LogP contribution in [0.25, 0.3) is 0 Å². The highest BCUT2D eigenvalue weighted by Crippen LogP contribution is 2.35. The number of carbonyl (C=O) groups excluding carboxylic acids is 5. The van der Waals surface area contributed by atoms with Gasteiger partial charge in [-0.25, -0.2) is 0 Å². The molecular weight excluding hydrogens is 328 g/mol. The number of Topliss-reactive ketones (excluding diaryl/α,β-unsaturated/α-hetero) is 4. The highest BCUT2D eigenvalue weighted by atomic mass is 16.6. The Balaban J connectivity index is 6.88. The maximum atomic E-state index is 12.3. The lowest BCUT2D eigenvalue weighted by Gasteiger charge is -2.44. The van der Waals surface area contributed by atoms with Crippen LogP contribution in [0, 0.1) is 0 Å². The van der Waals surface area contributed by atoms with Crippen molar-refractivity contribution in [2.24, 2.45) is 0 Å². The lowest BCUT2D eigenvalue weighted by molar-refractivity contribution is -0.226. The van der Waals surface area contributed by atoms with Crippen molar-refractivity contribution >= 4 is 29.1 Å². The van der Waals surface area contributed by atoms with Crippen molar-refractivity contribution in [3.63, 3.8) is 0 Å². The first kappa shape index (κ1) is 22.0. The molecule has 0 aromatic heterocycles. The Labute approximate surface area is 137 Å². The molecule has 0 aromatic rings. The minimum Gasteiger partial charge on any atom is -0.439 e. The number of aliphatic hydroxyl groups is 4. The van der Waals surface area contributed by atoms with Crippen molar-refractivity contribution in [3.05, 3.63) is 0 Å². The maximum absolute atomic E-state index is 12.3. The minimum atomic E-state index is -3.50. The normalized spacial score (nSPS) is 18.5. The number of esters is 1. The Morgan fingerprint density at radius 1 is 0.958 bits per heavy atom. The van der Waals surface area contributed by atoms with E-state index in [9.17, 15) is 39.3 Å². The second-order valence-electron chi connectivity index (χ2n) is 5.23. The number of aliphatic hydroxyl groups excluding tert-OH is 3. The number of hydrogen-bond donors (Lipinski definition) is 4. The monoisotopic (exact) mass is 348 g/mol. The fourth-order valence-electron chi connectivity index (χ4n) is 2.30. The summed E-state index contributed by atoms with van der Waals surface area (Å²) in [7, 11) is 0. The Morgan fingerprint density at radius 2 is 1.42 bits per heavy atom. The van der Waals surface area contributed by atoms with E-state index in [2.05, 4.69) is 4.74 Å². The van der Waals surface area contributed by atoms with Crippen molar-refractivity contribution < 1.29 is 49.1 Å². The third-order valence-corrected chi connectivity index (χ3v) is 3.49. The molecule has 4 N–H and O–H groups in total. The van der Waals surface area contributed by atoms with Gasteiger partial charge in [-0.1, -0.05) is 0 Å². The summed E-state index contributed by atoms with van der Waals surface area (Å²) in [5.74, 6) is -7.32. The molecule has 0 aliphatic rings. The van der Waals surface area contributed by atoms with Gasteiger partial charge in [-0.05, 0) is 13.8 Å². The summed E-state index contributed by atoms with van der Waals surface area (Å²) in [4.78, 5) is 59.2. The second-order valence-corrected chi connectivity index (χ2v) is 5.23. The Morgan fingerprint density at radius 3 is 1.67 bits per heavy atom. The summed E-state index contributed by atoms with van der Waals surface area (Å²) in [6.45, 7) is 1.55. The fourth-order valence-corrected chi connectivity index (χ4v) is 2.30. The van der Waals surface area contributed by atoms with Gasteiger partial charge in [0.05, 0.1) is 6.61 Å². The van der Waals surface area contributed by atoms with E-state index in [1.165, 1.54) is 0 Å². The zero-order chi connectivity index (χ0) is 19.5. The van der Waals surface area contributed by atoms with Gasteiger partial charge in [-0.2, -0.15) is 0 Å². The van der Waals surface area contributed by atoms with Gasteiger partial charge in [0.2, 0.25) is 5.60 Å². The average Bonchev–Trinajstić information content (AvgIpc) is 2.48. The van der Waals surface area contributed by atoms with Gasteiger partial charge < -0.3 is 25.2 Å². The zero-order valence-corrected chi connectivity index (χ0v) is 13.6. The van der Waals surface area contributed by atoms with Gasteiger partial charge in [-0.15, -0.1) is 0 Å². The largest absolute Gasteiger partial charge is 0.439 e. The van der Waals surface area contributed by atoms with Crippen LogP contribution >= 0.6 is 0 Å². The predicted molar refractivity (Wildman–Crippen MR) is 75.6 cm³/mol. The molecule has 0 aromatic carbocycles. The van der Waals surface area contributed by atoms with Crippen LogP contribution in [0.5, 0.6) is 0 Å². The molecule has 0 bridgehead atoms. The molecule has 0 aliphatic carbocycles. The summed E-state index contributed by atoms with van der Waals surface area (Å²) in [5, 5.41) is 39.2. The van der Waals surface area contributed by atoms with E-state index in [4.69, 9.17) is 5.11 Å². The highest BCUT2D eigenvalue weighted by molar-refractivity contribution is 6.45. The first-order valence-electron chi connectivity index (χ1n) is 6.77. The average molecular weight is 348 g/mol. The molecule has 0 aliphatic heterocycles. The predicted octanol–water partition coefficient (Wildman–Crippen LogP) is -2.93. The molecule has 4 unspecified atom stereocenters. The van der Waals surface area contributed by atoms with Gasteiger partial charge in [-0.3, -0.25) is 24.0 Å². The molecule has 10 nitrogen and oxygen atoms in total. The molecule has 0 saturated carbocycles. The van der Waals surface area contributed by atoms with Crippen LogP contribution in [0.1, 0.15) is 27.7 Å². The second kappa shape index (κ2) is 7.71. The highest BCUT2D eigenvalue weighted by Gasteiger charge is 2.70. The molecule has 136 valence electrons. The van der Waals surface area contributed by atoms with Gasteiger partial charge >= 0.3 is 5.97 Å². The number of ether oxygens (including phenoxy) is 1. The molecule has 4 atom stereocenters. The van der Waals surface area contributed by atoms with Crippen molar-refractivity contribution in [2.75, 3.05) is 6.61 Å². The third kappa shape index (κ3) is 3.41. The summed E-state index contributed by atoms with van der Waals surface area (Å²) in [6, 6.07) is 0. The van der Waals surface area contributed by atoms with Crippen molar-refractivity contribution in [1.82, 2.24) is 0 Å². The Kier molecular flexibility index (Phi) is 7.06. The molecule has 10 heteroatoms. The van der Waals surface area contributed by atoms with Crippen molar-refractivity contribution in [3.8, 4) is 0 Å². The van der Waals surface area contributed by atoms with Crippen LogP contribution in [0.15, 0.2) is 0 Å². The van der Waals surface area contributed by atoms with Gasteiger partial charge in [0.15, 0.2) is 17.3 Å². The molecule has 0 spiro atoms. The Bertz CT molecular complexity index is 568. The van der Waals surface area contributed by atoms with E-state index >= 15 is 0 Å². The number of carbonyl (C=O) groups is 5. The molecule has 24 heavy (non-hydrogen) atoms. The molecule has 0 amide bonds. The zero-order valence-electron chi connectivity index (χ0n) is 13.6. The van der Waals surface area contributed by atoms with E-state index in [1.54, 1.807) is 0 Å². The number of ketones is 4. The third-order valence-electron chi connectivity index (χ3n) is 3.49. The van der Waals surface area contributed by atoms with Gasteiger partial charge in [0, 0.05) is 13.8 Å². The van der Waals surface area contributed by atoms with Crippen LogP contribution in [-0.2, 0) is 28.7 Å². The summed E-state index contributed by atoms with van der Waals surface area (Å²) in [6.07, 6.45) is -4.81. The molecule has 0 saturated heterocycles. The summed E-state index contributed by atoms with van der Waals surface area (Å²) in [5.41, 5.74) is -6.92. The SMILES string of the molecule is CC(=O)OC(C(C)=O)(C(=O)C(C)=O)C(O)(C(C)=O)C(O)C(O)CO. The minimum absolute atomic E-state index is 0.641. The van der Waals surface area contributed by atoms with Crippen LogP contribution in [-0.4, -0.2) is 79.5 Å². The van der Waals surface area contributed by atoms with Crippen molar-refractivity contribution in [2.45, 2.75) is 51.1 Å². The van der Waals surface area contributed by atoms with Gasteiger partial charge in [0.25, 0.3) is 11.4 Å². The Hall–Kier alpha value is -2.01. The van der Waals surface area contributed by atoms with E-state index < -0.39 is 59.1 Å². The topological polar surface area (TPSA) is 175 Å². The molecular formula is C14H20O10. The fraction of sp³-hybridized carbons (Fsp3) is 0.643. The number of hydrogen-bond acceptors (Lipinski definition) is 10. The van der Waals surface area contributed by atoms with E-state index in [1.807, 2.05) is 0 Å². The molecule has 0 heterocycles. The standard InChI is InChI=1S/C14H20O10/c1-6(16)11(21)14(8(3)18,24-9(4)19)13(23,7(2)17)12(22)10(20)5-15/h10,12,15,20,22-23H,5H2,1-4H3. The van der Waals surface area contributed by atoms with E-state index in [0.717, 1.165) is 6.92 Å². The maximum Gasteiger partial charge on any atom is 0.304 e. The van der Waals surface area contributed by atoms with Gasteiger partial charge in [0.1, 0.15) is 12.2 Å². The summed E-state index contributed by atoms with van der Waals surface area (Å²) >= 11 is 0. The first-order valence-corrected chi connectivity index (χ1v) is 6.77. The van der Waals surface area contributed by atoms with Crippen molar-refractivity contribution in [1.29, 1.82) is 0 Å². The lowest BCUT2D eigenvalue weighted by Crippen LogP contribution is -2.76. The molecule has 0 radical (unpaired) electrons. The quantitative estimate of drug-likeness (QED) is 0.192. The molecule has 0 fully saturated rings. The molecule has 0 rings (SSSR count). The van der Waals surface area contributed by atoms with Crippen LogP contribution < -0.4 is 0 Å². The van der Waals surface area contributed by atoms with E-state index in [-0.39, 0.29) is 0 Å². The number of rotatable bonds is 9. The van der Waals surface area contributed by atoms with Crippen LogP contribution in [0.4, 0.5) is 0 Å². The van der Waals surface area contributed by atoms with Crippen LogP contribution in [0.2, 0.25) is 0 Å². The first-order chi connectivity index (χ1) is 10.8. The van der Waals surface area contributed by atoms with E-state index in [0.29, 0.717) is 20.8 Å². The summed E-state index contributed by atoms with van der Waals surface area (Å²) < 4.78 is 4.58. The lowest BCUT2D eigenvalue weighted by atomic mass is 9.69.